The van der Waals surface area contributed by atoms with Gasteiger partial charge >= 0.3 is 0 Å². The van der Waals surface area contributed by atoms with E-state index in [4.69, 9.17) is 4.74 Å². The highest BCUT2D eigenvalue weighted by Gasteiger charge is 2.08. The molecular weight excluding hydrogens is 218 g/mol. The molecule has 2 nitrogen and oxygen atoms in total. The van der Waals surface area contributed by atoms with Gasteiger partial charge in [0.15, 0.2) is 0 Å². The second kappa shape index (κ2) is 4.48. The smallest absolute Gasteiger partial charge is 0.124 e. The number of methoxy groups -OCH3 is 1. The molecule has 0 aliphatic carbocycles. The monoisotopic (exact) mass is 229 g/mol. The molecule has 12 heavy (non-hydrogen) atoms. The molecule has 0 saturated carbocycles. The molecule has 1 aromatic carbocycles. The summed E-state index contributed by atoms with van der Waals surface area (Å²) < 4.78 is 5.20. The molecule has 1 N–H and O–H groups in total. The standard InChI is InChI=1S/C9H12BrNO/c1-11-9(10)7-5-3-4-6-8(7)12-2/h3-6,9,11H,1-2H3. The van der Waals surface area contributed by atoms with Crippen LogP contribution in [0.4, 0.5) is 0 Å². The van der Waals surface area contributed by atoms with Gasteiger partial charge in [-0.1, -0.05) is 34.1 Å². The van der Waals surface area contributed by atoms with Gasteiger partial charge in [-0.25, -0.2) is 0 Å². The second-order valence-corrected chi connectivity index (χ2v) is 3.31. The van der Waals surface area contributed by atoms with Crippen LogP contribution in [0.15, 0.2) is 24.3 Å². The summed E-state index contributed by atoms with van der Waals surface area (Å²) in [6.07, 6.45) is 0. The van der Waals surface area contributed by atoms with Gasteiger partial charge in [0, 0.05) is 5.56 Å². The maximum absolute atomic E-state index is 5.20. The fraction of sp³-hybridized carbons (Fsp3) is 0.333. The molecule has 3 heteroatoms. The van der Waals surface area contributed by atoms with E-state index in [1.165, 1.54) is 0 Å². The van der Waals surface area contributed by atoms with Crippen molar-refractivity contribution in [1.29, 1.82) is 0 Å². The summed E-state index contributed by atoms with van der Waals surface area (Å²) in [5.41, 5.74) is 1.11. The normalized spacial score (nSPS) is 12.6. The summed E-state index contributed by atoms with van der Waals surface area (Å²) in [5, 5.41) is 3.09. The van der Waals surface area contributed by atoms with Crippen LogP contribution in [0.5, 0.6) is 5.75 Å². The van der Waals surface area contributed by atoms with Crippen molar-refractivity contribution >= 4 is 15.9 Å². The van der Waals surface area contributed by atoms with E-state index < -0.39 is 0 Å². The van der Waals surface area contributed by atoms with Gasteiger partial charge in [-0.15, -0.1) is 0 Å². The molecule has 0 saturated heterocycles. The molecule has 1 unspecified atom stereocenters. The topological polar surface area (TPSA) is 21.3 Å². The highest BCUT2D eigenvalue weighted by molar-refractivity contribution is 9.09. The number of rotatable bonds is 3. The van der Waals surface area contributed by atoms with Crippen LogP contribution in [-0.2, 0) is 0 Å². The van der Waals surface area contributed by atoms with E-state index in [0.29, 0.717) is 0 Å². The van der Waals surface area contributed by atoms with Gasteiger partial charge < -0.3 is 10.1 Å². The number of hydrogen-bond donors (Lipinski definition) is 1. The fourth-order valence-electron chi connectivity index (χ4n) is 1.03. The van der Waals surface area contributed by atoms with Crippen molar-refractivity contribution in [3.63, 3.8) is 0 Å². The molecule has 0 amide bonds. The molecule has 66 valence electrons. The van der Waals surface area contributed by atoms with Crippen molar-refractivity contribution in [1.82, 2.24) is 5.32 Å². The Labute approximate surface area is 81.1 Å². The van der Waals surface area contributed by atoms with Crippen molar-refractivity contribution < 1.29 is 4.74 Å². The Balaban J connectivity index is 2.96. The van der Waals surface area contributed by atoms with E-state index in [0.717, 1.165) is 11.3 Å². The quantitative estimate of drug-likeness (QED) is 0.635. The van der Waals surface area contributed by atoms with Crippen molar-refractivity contribution in [3.05, 3.63) is 29.8 Å². The van der Waals surface area contributed by atoms with Crippen LogP contribution < -0.4 is 10.1 Å². The predicted octanol–water partition coefficient (Wildman–Crippen LogP) is 2.31. The summed E-state index contributed by atoms with van der Waals surface area (Å²) >= 11 is 3.49. The first-order valence-corrected chi connectivity index (χ1v) is 4.65. The number of alkyl halides is 1. The predicted molar refractivity (Wildman–Crippen MR) is 53.7 cm³/mol. The third kappa shape index (κ3) is 1.99. The minimum absolute atomic E-state index is 0.147. The molecule has 0 spiro atoms. The lowest BCUT2D eigenvalue weighted by Crippen LogP contribution is -2.10. The van der Waals surface area contributed by atoms with Gasteiger partial charge in [0.2, 0.25) is 0 Å². The lowest BCUT2D eigenvalue weighted by Gasteiger charge is -2.12. The Kier molecular flexibility index (Phi) is 3.56. The number of benzene rings is 1. The van der Waals surface area contributed by atoms with Crippen LogP contribution >= 0.6 is 15.9 Å². The van der Waals surface area contributed by atoms with Gasteiger partial charge in [0.1, 0.15) is 5.75 Å². The number of ether oxygens (including phenoxy) is 1. The Morgan fingerprint density at radius 1 is 1.42 bits per heavy atom. The molecular formula is C9H12BrNO. The molecule has 0 heterocycles. The zero-order valence-electron chi connectivity index (χ0n) is 7.17. The van der Waals surface area contributed by atoms with Crippen LogP contribution in [0.1, 0.15) is 10.5 Å². The first-order valence-electron chi connectivity index (χ1n) is 3.74. The van der Waals surface area contributed by atoms with Gasteiger partial charge in [0.25, 0.3) is 0 Å². The third-order valence-electron chi connectivity index (χ3n) is 1.67. The van der Waals surface area contributed by atoms with Crippen molar-refractivity contribution in [2.45, 2.75) is 4.95 Å². The first-order chi connectivity index (χ1) is 5.79. The van der Waals surface area contributed by atoms with Gasteiger partial charge in [-0.05, 0) is 13.1 Å². The average Bonchev–Trinajstić information content (AvgIpc) is 2.16. The number of halogens is 1. The van der Waals surface area contributed by atoms with E-state index in [9.17, 15) is 0 Å². The highest BCUT2D eigenvalue weighted by atomic mass is 79.9. The Hall–Kier alpha value is -0.540. The molecule has 0 aromatic heterocycles. The molecule has 0 aliphatic heterocycles. The maximum Gasteiger partial charge on any atom is 0.124 e. The summed E-state index contributed by atoms with van der Waals surface area (Å²) in [7, 11) is 3.57. The van der Waals surface area contributed by atoms with E-state index in [1.807, 2.05) is 31.3 Å². The Morgan fingerprint density at radius 2 is 2.08 bits per heavy atom. The number of hydrogen-bond acceptors (Lipinski definition) is 2. The van der Waals surface area contributed by atoms with Crippen molar-refractivity contribution in [2.75, 3.05) is 14.2 Å². The van der Waals surface area contributed by atoms with E-state index in [1.54, 1.807) is 7.11 Å². The van der Waals surface area contributed by atoms with E-state index >= 15 is 0 Å². The largest absolute Gasteiger partial charge is 0.496 e. The lowest BCUT2D eigenvalue weighted by atomic mass is 10.2. The Morgan fingerprint density at radius 3 is 2.67 bits per heavy atom. The zero-order chi connectivity index (χ0) is 8.97. The van der Waals surface area contributed by atoms with Crippen molar-refractivity contribution in [3.8, 4) is 5.75 Å². The van der Waals surface area contributed by atoms with Crippen molar-refractivity contribution in [2.24, 2.45) is 0 Å². The molecule has 0 fully saturated rings. The molecule has 1 aromatic rings. The SMILES string of the molecule is CNC(Br)c1ccccc1OC. The van der Waals surface area contributed by atoms with Crippen LogP contribution in [0.2, 0.25) is 0 Å². The molecule has 1 rings (SSSR count). The first kappa shape index (κ1) is 9.55. The summed E-state index contributed by atoms with van der Waals surface area (Å²) in [6, 6.07) is 7.91. The highest BCUT2D eigenvalue weighted by Crippen LogP contribution is 2.27. The van der Waals surface area contributed by atoms with E-state index in [-0.39, 0.29) is 4.95 Å². The minimum atomic E-state index is 0.147. The molecule has 0 aliphatic rings. The fourth-order valence-corrected chi connectivity index (χ4v) is 1.41. The number of para-hydroxylation sites is 1. The second-order valence-electron chi connectivity index (χ2n) is 2.39. The van der Waals surface area contributed by atoms with Gasteiger partial charge in [-0.2, -0.15) is 0 Å². The maximum atomic E-state index is 5.20. The van der Waals surface area contributed by atoms with E-state index in [2.05, 4.69) is 21.2 Å². The molecule has 1 atom stereocenters. The van der Waals surface area contributed by atoms with Crippen LogP contribution in [0.25, 0.3) is 0 Å². The molecule has 0 bridgehead atoms. The third-order valence-corrected chi connectivity index (χ3v) is 2.62. The lowest BCUT2D eigenvalue weighted by molar-refractivity contribution is 0.408. The number of nitrogens with one attached hydrogen (secondary N) is 1. The summed E-state index contributed by atoms with van der Waals surface area (Å²) in [5.74, 6) is 0.897. The summed E-state index contributed by atoms with van der Waals surface area (Å²) in [4.78, 5) is 0.147. The average molecular weight is 230 g/mol. The minimum Gasteiger partial charge on any atom is -0.496 e. The zero-order valence-corrected chi connectivity index (χ0v) is 8.76. The van der Waals surface area contributed by atoms with Gasteiger partial charge in [0.05, 0.1) is 12.1 Å². The summed E-state index contributed by atoms with van der Waals surface area (Å²) in [6.45, 7) is 0. The Bertz CT molecular complexity index is 252. The van der Waals surface area contributed by atoms with Crippen LogP contribution in [0, 0.1) is 0 Å². The van der Waals surface area contributed by atoms with Crippen LogP contribution in [-0.4, -0.2) is 14.2 Å². The molecule has 0 radical (unpaired) electrons. The van der Waals surface area contributed by atoms with Crippen LogP contribution in [0.3, 0.4) is 0 Å². The van der Waals surface area contributed by atoms with Gasteiger partial charge in [-0.3, -0.25) is 0 Å².